The van der Waals surface area contributed by atoms with Crippen LogP contribution in [0.3, 0.4) is 0 Å². The molecular formula is C23H14ClN3O4S2. The zero-order chi connectivity index (χ0) is 22.9. The van der Waals surface area contributed by atoms with Crippen LogP contribution in [0.2, 0.25) is 5.02 Å². The number of nitrogens with zero attached hydrogens (tertiary/aromatic N) is 3. The minimum Gasteiger partial charge on any atom is -0.467 e. The van der Waals surface area contributed by atoms with Gasteiger partial charge in [0.15, 0.2) is 0 Å². The molecule has 0 radical (unpaired) electrons. The van der Waals surface area contributed by atoms with Crippen LogP contribution in [0.25, 0.3) is 11.7 Å². The van der Waals surface area contributed by atoms with E-state index in [0.29, 0.717) is 31.4 Å². The molecule has 1 amide bonds. The van der Waals surface area contributed by atoms with Gasteiger partial charge in [-0.15, -0.1) is 0 Å². The van der Waals surface area contributed by atoms with Crippen LogP contribution in [-0.4, -0.2) is 24.5 Å². The Balaban J connectivity index is 1.57. The molecule has 0 spiro atoms. The van der Waals surface area contributed by atoms with E-state index in [1.54, 1.807) is 60.8 Å². The SMILES string of the molecule is O=C1C(=Cc2c(Oc3ccc(Cl)cc3)nc3ccccn3c2=O)SC(=S)N1Cc1ccco1. The Labute approximate surface area is 202 Å². The first-order chi connectivity index (χ1) is 16.0. The number of hydrogen-bond acceptors (Lipinski definition) is 7. The van der Waals surface area contributed by atoms with E-state index in [4.69, 9.17) is 33.0 Å². The largest absolute Gasteiger partial charge is 0.467 e. The molecule has 5 rings (SSSR count). The van der Waals surface area contributed by atoms with E-state index in [1.807, 2.05) is 0 Å². The van der Waals surface area contributed by atoms with Crippen LogP contribution < -0.4 is 10.3 Å². The Morgan fingerprint density at radius 3 is 2.70 bits per heavy atom. The van der Waals surface area contributed by atoms with Gasteiger partial charge in [-0.3, -0.25) is 18.9 Å². The van der Waals surface area contributed by atoms with Gasteiger partial charge >= 0.3 is 0 Å². The second-order valence-corrected chi connectivity index (χ2v) is 9.08. The molecule has 0 aliphatic carbocycles. The van der Waals surface area contributed by atoms with Gasteiger partial charge in [0.05, 0.1) is 17.7 Å². The molecule has 0 bridgehead atoms. The summed E-state index contributed by atoms with van der Waals surface area (Å²) in [5, 5.41) is 0.550. The van der Waals surface area contributed by atoms with Crippen molar-refractivity contribution in [3.63, 3.8) is 0 Å². The molecule has 10 heteroatoms. The summed E-state index contributed by atoms with van der Waals surface area (Å²) in [4.78, 5) is 32.6. The van der Waals surface area contributed by atoms with E-state index >= 15 is 0 Å². The van der Waals surface area contributed by atoms with E-state index in [-0.39, 0.29) is 29.5 Å². The number of thioether (sulfide) groups is 1. The molecule has 1 aromatic carbocycles. The van der Waals surface area contributed by atoms with Gasteiger partial charge in [0.1, 0.15) is 27.0 Å². The summed E-state index contributed by atoms with van der Waals surface area (Å²) in [5.74, 6) is 0.805. The van der Waals surface area contributed by atoms with Crippen molar-refractivity contribution in [2.45, 2.75) is 6.54 Å². The topological polar surface area (TPSA) is 77.0 Å². The van der Waals surface area contributed by atoms with Gasteiger partial charge in [-0.05, 0) is 54.6 Å². The minimum atomic E-state index is -0.374. The fraction of sp³-hybridized carbons (Fsp3) is 0.0435. The predicted molar refractivity (Wildman–Crippen MR) is 130 cm³/mol. The number of pyridine rings is 1. The maximum atomic E-state index is 13.3. The minimum absolute atomic E-state index is 0.0739. The standard InChI is InChI=1S/C23H14ClN3O4S2/c24-14-6-8-15(9-7-14)31-20-17(21(28)26-10-2-1-5-19(26)25-20)12-18-22(29)27(23(32)33-18)13-16-4-3-11-30-16/h1-12H,13H2. The van der Waals surface area contributed by atoms with Gasteiger partial charge in [0, 0.05) is 11.2 Å². The zero-order valence-electron chi connectivity index (χ0n) is 16.8. The lowest BCUT2D eigenvalue weighted by Gasteiger charge is -2.12. The van der Waals surface area contributed by atoms with Crippen molar-refractivity contribution in [3.8, 4) is 11.6 Å². The average molecular weight is 496 g/mol. The number of carbonyl (C=O) groups excluding carboxylic acids is 1. The number of carbonyl (C=O) groups is 1. The van der Waals surface area contributed by atoms with Crippen molar-refractivity contribution in [2.75, 3.05) is 0 Å². The van der Waals surface area contributed by atoms with E-state index in [0.717, 1.165) is 11.8 Å². The predicted octanol–water partition coefficient (Wildman–Crippen LogP) is 5.13. The lowest BCUT2D eigenvalue weighted by molar-refractivity contribution is -0.122. The number of halogens is 1. The first kappa shape index (κ1) is 21.4. The van der Waals surface area contributed by atoms with Crippen LogP contribution in [0, 0.1) is 0 Å². The summed E-state index contributed by atoms with van der Waals surface area (Å²) in [6.45, 7) is 0.206. The lowest BCUT2D eigenvalue weighted by Crippen LogP contribution is -2.27. The Morgan fingerprint density at radius 1 is 1.12 bits per heavy atom. The van der Waals surface area contributed by atoms with Crippen LogP contribution >= 0.6 is 35.6 Å². The number of furan rings is 1. The monoisotopic (exact) mass is 495 g/mol. The van der Waals surface area contributed by atoms with Crippen LogP contribution in [0.1, 0.15) is 11.3 Å². The molecule has 0 atom stereocenters. The highest BCUT2D eigenvalue weighted by Crippen LogP contribution is 2.35. The molecule has 7 nitrogen and oxygen atoms in total. The van der Waals surface area contributed by atoms with E-state index in [2.05, 4.69) is 4.98 Å². The highest BCUT2D eigenvalue weighted by Gasteiger charge is 2.33. The number of amides is 1. The molecular weight excluding hydrogens is 482 g/mol. The zero-order valence-corrected chi connectivity index (χ0v) is 19.2. The molecule has 4 aromatic rings. The smallest absolute Gasteiger partial charge is 0.269 e. The van der Waals surface area contributed by atoms with E-state index < -0.39 is 0 Å². The first-order valence-electron chi connectivity index (χ1n) is 9.72. The molecule has 33 heavy (non-hydrogen) atoms. The fourth-order valence-electron chi connectivity index (χ4n) is 3.22. The molecule has 1 fully saturated rings. The number of fused-ring (bicyclic) bond motifs is 1. The van der Waals surface area contributed by atoms with Crippen molar-refractivity contribution in [3.05, 3.63) is 98.7 Å². The maximum Gasteiger partial charge on any atom is 0.269 e. The lowest BCUT2D eigenvalue weighted by atomic mass is 10.2. The summed E-state index contributed by atoms with van der Waals surface area (Å²) < 4.78 is 13.0. The third-order valence-electron chi connectivity index (χ3n) is 4.81. The Kier molecular flexibility index (Phi) is 5.76. The van der Waals surface area contributed by atoms with Crippen LogP contribution in [0.4, 0.5) is 0 Å². The third kappa shape index (κ3) is 4.30. The van der Waals surface area contributed by atoms with Crippen molar-refractivity contribution in [1.82, 2.24) is 14.3 Å². The van der Waals surface area contributed by atoms with Crippen molar-refractivity contribution in [2.24, 2.45) is 0 Å². The molecule has 1 aliphatic heterocycles. The highest BCUT2D eigenvalue weighted by molar-refractivity contribution is 8.26. The normalized spacial score (nSPS) is 15.1. The molecule has 1 saturated heterocycles. The number of rotatable bonds is 5. The van der Waals surface area contributed by atoms with Gasteiger partial charge in [0.2, 0.25) is 5.88 Å². The first-order valence-corrected chi connectivity index (χ1v) is 11.3. The number of ether oxygens (including phenoxy) is 1. The number of hydrogen-bond donors (Lipinski definition) is 0. The molecule has 4 heterocycles. The van der Waals surface area contributed by atoms with Crippen molar-refractivity contribution in [1.29, 1.82) is 0 Å². The van der Waals surface area contributed by atoms with Crippen LogP contribution in [0.15, 0.2) is 81.2 Å². The van der Waals surface area contributed by atoms with E-state index in [9.17, 15) is 9.59 Å². The maximum absolute atomic E-state index is 13.3. The summed E-state index contributed by atoms with van der Waals surface area (Å²) in [5.41, 5.74) is 0.169. The van der Waals surface area contributed by atoms with Crippen molar-refractivity contribution < 1.29 is 13.9 Å². The van der Waals surface area contributed by atoms with E-state index in [1.165, 1.54) is 21.6 Å². The number of benzene rings is 1. The Morgan fingerprint density at radius 2 is 1.94 bits per heavy atom. The molecule has 0 N–H and O–H groups in total. The van der Waals surface area contributed by atoms with Gasteiger partial charge in [-0.2, -0.15) is 4.98 Å². The van der Waals surface area contributed by atoms with Gasteiger partial charge in [-0.1, -0.05) is 41.6 Å². The highest BCUT2D eigenvalue weighted by atomic mass is 35.5. The van der Waals surface area contributed by atoms with Crippen LogP contribution in [-0.2, 0) is 11.3 Å². The number of thiocarbonyl (C=S) groups is 1. The molecule has 0 unspecified atom stereocenters. The fourth-order valence-corrected chi connectivity index (χ4v) is 4.59. The van der Waals surface area contributed by atoms with Crippen molar-refractivity contribution >= 4 is 57.5 Å². The second kappa shape index (κ2) is 8.86. The average Bonchev–Trinajstić information content (AvgIpc) is 3.42. The summed E-state index contributed by atoms with van der Waals surface area (Å²) in [6, 6.07) is 15.4. The molecule has 164 valence electrons. The quantitative estimate of drug-likeness (QED) is 0.280. The summed E-state index contributed by atoms with van der Waals surface area (Å²) in [7, 11) is 0. The third-order valence-corrected chi connectivity index (χ3v) is 6.44. The summed E-state index contributed by atoms with van der Waals surface area (Å²) >= 11 is 12.5. The second-order valence-electron chi connectivity index (χ2n) is 6.97. The Bertz CT molecular complexity index is 1460. The van der Waals surface area contributed by atoms with Gasteiger partial charge in [0.25, 0.3) is 11.5 Å². The van der Waals surface area contributed by atoms with Gasteiger partial charge < -0.3 is 9.15 Å². The summed E-state index contributed by atoms with van der Waals surface area (Å²) in [6.07, 6.45) is 4.61. The Hall–Kier alpha value is -3.40. The van der Waals surface area contributed by atoms with Crippen LogP contribution in [0.5, 0.6) is 11.6 Å². The molecule has 3 aromatic heterocycles. The number of aromatic nitrogens is 2. The van der Waals surface area contributed by atoms with Gasteiger partial charge in [-0.25, -0.2) is 0 Å². The molecule has 0 saturated carbocycles. The molecule has 1 aliphatic rings.